The summed E-state index contributed by atoms with van der Waals surface area (Å²) in [5.41, 5.74) is 1.31. The number of allylic oxidation sites excluding steroid dienone is 2. The van der Waals surface area contributed by atoms with Gasteiger partial charge in [0.2, 0.25) is 0 Å². The van der Waals surface area contributed by atoms with Crippen LogP contribution in [0.25, 0.3) is 0 Å². The van der Waals surface area contributed by atoms with E-state index in [1.807, 2.05) is 13.0 Å². The molecule has 0 aromatic heterocycles. The molecule has 74 valence electrons. The Morgan fingerprint density at radius 3 is 2.69 bits per heavy atom. The van der Waals surface area contributed by atoms with Gasteiger partial charge in [-0.1, -0.05) is 25.2 Å². The average molecular weight is 180 g/mol. The van der Waals surface area contributed by atoms with Crippen molar-refractivity contribution in [1.82, 2.24) is 0 Å². The Bertz CT molecular complexity index is 219. The fourth-order valence-electron chi connectivity index (χ4n) is 2.32. The van der Waals surface area contributed by atoms with Crippen LogP contribution in [0.2, 0.25) is 0 Å². The number of aliphatic hydroxyl groups is 1. The predicted molar refractivity (Wildman–Crippen MR) is 56.5 cm³/mol. The second kappa shape index (κ2) is 3.67. The highest BCUT2D eigenvalue weighted by atomic mass is 16.3. The van der Waals surface area contributed by atoms with E-state index in [1.165, 1.54) is 5.57 Å². The van der Waals surface area contributed by atoms with Gasteiger partial charge >= 0.3 is 0 Å². The fourth-order valence-corrected chi connectivity index (χ4v) is 2.32. The van der Waals surface area contributed by atoms with E-state index in [2.05, 4.69) is 20.1 Å². The van der Waals surface area contributed by atoms with Crippen molar-refractivity contribution in [3.05, 3.63) is 24.8 Å². The predicted octanol–water partition coefficient (Wildman–Crippen LogP) is 2.92. The SMILES string of the molecule is C=CC1(C)CCC(O)CC1C(=C)C. The summed E-state index contributed by atoms with van der Waals surface area (Å²) in [6.45, 7) is 12.1. The Hall–Kier alpha value is -0.560. The van der Waals surface area contributed by atoms with Crippen molar-refractivity contribution in [2.75, 3.05) is 0 Å². The van der Waals surface area contributed by atoms with E-state index in [-0.39, 0.29) is 11.5 Å². The van der Waals surface area contributed by atoms with E-state index in [1.54, 1.807) is 0 Å². The quantitative estimate of drug-likeness (QED) is 0.648. The van der Waals surface area contributed by atoms with Gasteiger partial charge in [-0.2, -0.15) is 0 Å². The van der Waals surface area contributed by atoms with Gasteiger partial charge in [-0.15, -0.1) is 6.58 Å². The van der Waals surface area contributed by atoms with Crippen LogP contribution in [0.1, 0.15) is 33.1 Å². The van der Waals surface area contributed by atoms with E-state index in [9.17, 15) is 5.11 Å². The molecule has 0 saturated heterocycles. The molecule has 1 aliphatic rings. The maximum atomic E-state index is 9.58. The molecule has 1 fully saturated rings. The molecule has 1 rings (SSSR count). The molecule has 1 saturated carbocycles. The first-order chi connectivity index (χ1) is 5.99. The summed E-state index contributed by atoms with van der Waals surface area (Å²) in [7, 11) is 0. The van der Waals surface area contributed by atoms with Gasteiger partial charge in [0.05, 0.1) is 6.10 Å². The van der Waals surface area contributed by atoms with Gasteiger partial charge in [-0.3, -0.25) is 0 Å². The molecule has 0 aromatic carbocycles. The lowest BCUT2D eigenvalue weighted by atomic mass is 9.64. The first kappa shape index (κ1) is 10.5. The molecule has 1 N–H and O–H groups in total. The van der Waals surface area contributed by atoms with E-state index in [0.29, 0.717) is 5.92 Å². The number of hydrogen-bond acceptors (Lipinski definition) is 1. The molecule has 0 amide bonds. The van der Waals surface area contributed by atoms with E-state index in [4.69, 9.17) is 0 Å². The van der Waals surface area contributed by atoms with Crippen LogP contribution < -0.4 is 0 Å². The van der Waals surface area contributed by atoms with Crippen molar-refractivity contribution in [2.45, 2.75) is 39.2 Å². The topological polar surface area (TPSA) is 20.2 Å². The second-order valence-corrected chi connectivity index (χ2v) is 4.54. The molecule has 3 atom stereocenters. The van der Waals surface area contributed by atoms with Crippen molar-refractivity contribution in [2.24, 2.45) is 11.3 Å². The molecule has 0 spiro atoms. The molecular formula is C12H20O. The van der Waals surface area contributed by atoms with Crippen molar-refractivity contribution in [1.29, 1.82) is 0 Å². The minimum atomic E-state index is -0.144. The van der Waals surface area contributed by atoms with Crippen LogP contribution in [-0.4, -0.2) is 11.2 Å². The van der Waals surface area contributed by atoms with Crippen LogP contribution in [-0.2, 0) is 0 Å². The standard InChI is InChI=1S/C12H20O/c1-5-12(4)7-6-10(13)8-11(12)9(2)3/h5,10-11,13H,1-2,6-8H2,3-4H3. The summed E-state index contributed by atoms with van der Waals surface area (Å²) >= 11 is 0. The molecule has 0 aliphatic heterocycles. The zero-order valence-corrected chi connectivity index (χ0v) is 8.71. The average Bonchev–Trinajstić information content (AvgIpc) is 2.09. The number of rotatable bonds is 2. The van der Waals surface area contributed by atoms with Crippen LogP contribution in [0.15, 0.2) is 24.8 Å². The molecule has 0 bridgehead atoms. The first-order valence-electron chi connectivity index (χ1n) is 4.96. The zero-order chi connectivity index (χ0) is 10.1. The minimum absolute atomic E-state index is 0.144. The highest BCUT2D eigenvalue weighted by Crippen LogP contribution is 2.44. The van der Waals surface area contributed by atoms with Gasteiger partial charge in [-0.25, -0.2) is 0 Å². The monoisotopic (exact) mass is 180 g/mol. The van der Waals surface area contributed by atoms with Crippen LogP contribution >= 0.6 is 0 Å². The van der Waals surface area contributed by atoms with Crippen LogP contribution in [0.3, 0.4) is 0 Å². The highest BCUT2D eigenvalue weighted by Gasteiger charge is 2.37. The van der Waals surface area contributed by atoms with Crippen molar-refractivity contribution < 1.29 is 5.11 Å². The summed E-state index contributed by atoms with van der Waals surface area (Å²) in [6.07, 6.45) is 4.65. The van der Waals surface area contributed by atoms with Gasteiger partial charge in [-0.05, 0) is 37.5 Å². The summed E-state index contributed by atoms with van der Waals surface area (Å²) < 4.78 is 0. The van der Waals surface area contributed by atoms with Crippen LogP contribution in [0.5, 0.6) is 0 Å². The summed E-state index contributed by atoms with van der Waals surface area (Å²) in [4.78, 5) is 0. The molecule has 1 heteroatoms. The maximum Gasteiger partial charge on any atom is 0.0546 e. The normalized spacial score (nSPS) is 39.9. The Morgan fingerprint density at radius 1 is 1.62 bits per heavy atom. The molecule has 0 aromatic rings. The largest absolute Gasteiger partial charge is 0.393 e. The minimum Gasteiger partial charge on any atom is -0.393 e. The van der Waals surface area contributed by atoms with Gasteiger partial charge in [0.15, 0.2) is 0 Å². The molecule has 0 radical (unpaired) electrons. The Labute approximate surface area is 81.2 Å². The second-order valence-electron chi connectivity index (χ2n) is 4.54. The van der Waals surface area contributed by atoms with E-state index >= 15 is 0 Å². The van der Waals surface area contributed by atoms with Crippen LogP contribution in [0, 0.1) is 11.3 Å². The van der Waals surface area contributed by atoms with E-state index in [0.717, 1.165) is 19.3 Å². The smallest absolute Gasteiger partial charge is 0.0546 e. The lowest BCUT2D eigenvalue weighted by Gasteiger charge is -2.41. The molecule has 0 heterocycles. The molecule has 1 nitrogen and oxygen atoms in total. The summed E-state index contributed by atoms with van der Waals surface area (Å²) in [6, 6.07) is 0. The van der Waals surface area contributed by atoms with Gasteiger partial charge < -0.3 is 5.11 Å². The third kappa shape index (κ3) is 2.02. The lowest BCUT2D eigenvalue weighted by molar-refractivity contribution is 0.0581. The molecule has 1 aliphatic carbocycles. The van der Waals surface area contributed by atoms with Gasteiger partial charge in [0.1, 0.15) is 0 Å². The Kier molecular flexibility index (Phi) is 2.97. The number of hydrogen-bond donors (Lipinski definition) is 1. The zero-order valence-electron chi connectivity index (χ0n) is 8.71. The van der Waals surface area contributed by atoms with Gasteiger partial charge in [0.25, 0.3) is 0 Å². The molecular weight excluding hydrogens is 160 g/mol. The summed E-state index contributed by atoms with van der Waals surface area (Å²) in [5, 5.41) is 9.58. The Balaban J connectivity index is 2.83. The maximum absolute atomic E-state index is 9.58. The van der Waals surface area contributed by atoms with Crippen molar-refractivity contribution in [3.63, 3.8) is 0 Å². The van der Waals surface area contributed by atoms with Crippen LogP contribution in [0.4, 0.5) is 0 Å². The highest BCUT2D eigenvalue weighted by molar-refractivity contribution is 5.11. The third-order valence-corrected chi connectivity index (χ3v) is 3.38. The van der Waals surface area contributed by atoms with Crippen molar-refractivity contribution >= 4 is 0 Å². The van der Waals surface area contributed by atoms with E-state index < -0.39 is 0 Å². The molecule has 3 unspecified atom stereocenters. The van der Waals surface area contributed by atoms with Gasteiger partial charge in [0, 0.05) is 0 Å². The Morgan fingerprint density at radius 2 is 2.23 bits per heavy atom. The molecule has 13 heavy (non-hydrogen) atoms. The third-order valence-electron chi connectivity index (χ3n) is 3.38. The van der Waals surface area contributed by atoms with Crippen molar-refractivity contribution in [3.8, 4) is 0 Å². The number of aliphatic hydroxyl groups excluding tert-OH is 1. The lowest BCUT2D eigenvalue weighted by Crippen LogP contribution is -2.35. The first-order valence-corrected chi connectivity index (χ1v) is 4.96. The fraction of sp³-hybridized carbons (Fsp3) is 0.667. The summed E-state index contributed by atoms with van der Waals surface area (Å²) in [5.74, 6) is 0.397.